The van der Waals surface area contributed by atoms with E-state index in [1.54, 1.807) is 6.07 Å². The number of hydrogen-bond acceptors (Lipinski definition) is 3. The van der Waals surface area contributed by atoms with Crippen LogP contribution in [0.2, 0.25) is 0 Å². The first kappa shape index (κ1) is 10.5. The van der Waals surface area contributed by atoms with Gasteiger partial charge in [0.25, 0.3) is 0 Å². The predicted octanol–water partition coefficient (Wildman–Crippen LogP) is 2.93. The molecule has 0 radical (unpaired) electrons. The van der Waals surface area contributed by atoms with Crippen molar-refractivity contribution in [3.63, 3.8) is 0 Å². The molecular formula is C13H14FN3. The summed E-state index contributed by atoms with van der Waals surface area (Å²) in [6.07, 6.45) is 3.44. The number of para-hydroxylation sites is 1. The Hall–Kier alpha value is -1.68. The van der Waals surface area contributed by atoms with Crippen molar-refractivity contribution >= 4 is 16.6 Å². The fraction of sp³-hybridized carbons (Fsp3) is 0.308. The van der Waals surface area contributed by atoms with Gasteiger partial charge in [-0.15, -0.1) is 0 Å². The molecular weight excluding hydrogens is 217 g/mol. The van der Waals surface area contributed by atoms with Gasteiger partial charge in [0.2, 0.25) is 0 Å². The Balaban J connectivity index is 2.22. The van der Waals surface area contributed by atoms with E-state index in [1.807, 2.05) is 12.1 Å². The van der Waals surface area contributed by atoms with E-state index in [1.165, 1.54) is 12.5 Å². The first-order valence-corrected chi connectivity index (χ1v) is 5.85. The van der Waals surface area contributed by atoms with Crippen molar-refractivity contribution in [3.8, 4) is 0 Å². The number of nitrogens with two attached hydrogens (primary N) is 1. The second-order valence-electron chi connectivity index (χ2n) is 4.50. The van der Waals surface area contributed by atoms with Gasteiger partial charge >= 0.3 is 0 Å². The first-order valence-electron chi connectivity index (χ1n) is 5.85. The summed E-state index contributed by atoms with van der Waals surface area (Å²) in [5, 5.41) is 0.779. The lowest BCUT2D eigenvalue weighted by Gasteiger charge is -2.26. The topological polar surface area (TPSA) is 50.9 Å². The Labute approximate surface area is 98.8 Å². The third kappa shape index (κ3) is 1.65. The first-order chi connectivity index (χ1) is 8.29. The van der Waals surface area contributed by atoms with E-state index >= 15 is 0 Å². The summed E-state index contributed by atoms with van der Waals surface area (Å²) >= 11 is 0. The highest BCUT2D eigenvalue weighted by molar-refractivity contribution is 5.83. The maximum Gasteiger partial charge on any atom is 0.149 e. The van der Waals surface area contributed by atoms with E-state index < -0.39 is 0 Å². The Morgan fingerprint density at radius 2 is 2.18 bits per heavy atom. The van der Waals surface area contributed by atoms with E-state index in [9.17, 15) is 4.39 Å². The standard InChI is InChI=1S/C13H14FN3/c14-10-6-2-5-9-7-11(17-15)13(16-12(9)10)8-3-1-4-8/h2,5-8,17H,1,3-4,15H2. The molecule has 1 aromatic heterocycles. The van der Waals surface area contributed by atoms with Crippen LogP contribution in [0, 0.1) is 5.82 Å². The van der Waals surface area contributed by atoms with Crippen molar-refractivity contribution in [2.24, 2.45) is 5.84 Å². The van der Waals surface area contributed by atoms with Gasteiger partial charge in [-0.25, -0.2) is 9.37 Å². The molecule has 2 aromatic rings. The normalized spacial score (nSPS) is 15.9. The van der Waals surface area contributed by atoms with Gasteiger partial charge in [-0.2, -0.15) is 0 Å². The molecule has 0 aliphatic heterocycles. The number of rotatable bonds is 2. The average Bonchev–Trinajstić information content (AvgIpc) is 2.27. The van der Waals surface area contributed by atoms with Crippen molar-refractivity contribution < 1.29 is 4.39 Å². The Kier molecular flexibility index (Phi) is 2.44. The van der Waals surface area contributed by atoms with Crippen LogP contribution >= 0.6 is 0 Å². The zero-order chi connectivity index (χ0) is 11.8. The smallest absolute Gasteiger partial charge is 0.149 e. The number of hydrogen-bond donors (Lipinski definition) is 2. The molecule has 0 bridgehead atoms. The molecule has 0 spiro atoms. The summed E-state index contributed by atoms with van der Waals surface area (Å²) in [5.74, 6) is 5.66. The number of benzene rings is 1. The zero-order valence-electron chi connectivity index (χ0n) is 9.41. The number of aromatic nitrogens is 1. The molecule has 1 aliphatic carbocycles. The zero-order valence-corrected chi connectivity index (χ0v) is 9.41. The highest BCUT2D eigenvalue weighted by atomic mass is 19.1. The second-order valence-corrected chi connectivity index (χ2v) is 4.50. The van der Waals surface area contributed by atoms with Crippen LogP contribution in [0.1, 0.15) is 30.9 Å². The lowest BCUT2D eigenvalue weighted by atomic mass is 9.82. The largest absolute Gasteiger partial charge is 0.322 e. The van der Waals surface area contributed by atoms with Gasteiger partial charge in [-0.05, 0) is 25.0 Å². The number of nitrogens with zero attached hydrogens (tertiary/aromatic N) is 1. The van der Waals surface area contributed by atoms with Crippen LogP contribution in [0.15, 0.2) is 24.3 Å². The fourth-order valence-electron chi connectivity index (χ4n) is 2.29. The molecule has 0 amide bonds. The lowest BCUT2D eigenvalue weighted by Crippen LogP contribution is -2.17. The Morgan fingerprint density at radius 3 is 2.82 bits per heavy atom. The highest BCUT2D eigenvalue weighted by Gasteiger charge is 2.24. The molecule has 1 aromatic carbocycles. The summed E-state index contributed by atoms with van der Waals surface area (Å²) in [4.78, 5) is 4.45. The molecule has 1 heterocycles. The molecule has 4 heteroatoms. The fourth-order valence-corrected chi connectivity index (χ4v) is 2.29. The van der Waals surface area contributed by atoms with Crippen molar-refractivity contribution in [1.82, 2.24) is 4.98 Å². The highest BCUT2D eigenvalue weighted by Crippen LogP contribution is 2.39. The predicted molar refractivity (Wildman–Crippen MR) is 66.1 cm³/mol. The summed E-state index contributed by atoms with van der Waals surface area (Å²) in [7, 11) is 0. The van der Waals surface area contributed by atoms with Crippen LogP contribution in [0.3, 0.4) is 0 Å². The number of halogens is 1. The number of hydrazine groups is 1. The van der Waals surface area contributed by atoms with Crippen LogP contribution in [-0.4, -0.2) is 4.98 Å². The molecule has 17 heavy (non-hydrogen) atoms. The number of nitrogens with one attached hydrogen (secondary N) is 1. The summed E-state index contributed by atoms with van der Waals surface area (Å²) in [5.41, 5.74) is 4.82. The average molecular weight is 231 g/mol. The van der Waals surface area contributed by atoms with Gasteiger partial charge in [0.05, 0.1) is 11.4 Å². The summed E-state index contributed by atoms with van der Waals surface area (Å²) in [6, 6.07) is 6.84. The van der Waals surface area contributed by atoms with Crippen molar-refractivity contribution in [2.45, 2.75) is 25.2 Å². The molecule has 1 fully saturated rings. The van der Waals surface area contributed by atoms with E-state index in [0.29, 0.717) is 11.4 Å². The third-order valence-corrected chi connectivity index (χ3v) is 3.47. The molecule has 3 rings (SSSR count). The number of pyridine rings is 1. The molecule has 3 N–H and O–H groups in total. The molecule has 0 saturated heterocycles. The van der Waals surface area contributed by atoms with Crippen molar-refractivity contribution in [3.05, 3.63) is 35.8 Å². The van der Waals surface area contributed by atoms with Crippen LogP contribution in [-0.2, 0) is 0 Å². The summed E-state index contributed by atoms with van der Waals surface area (Å²) < 4.78 is 13.7. The number of anilines is 1. The van der Waals surface area contributed by atoms with Gasteiger partial charge in [-0.1, -0.05) is 18.6 Å². The molecule has 1 aliphatic rings. The second kappa shape index (κ2) is 3.96. The molecule has 3 nitrogen and oxygen atoms in total. The van der Waals surface area contributed by atoms with E-state index in [2.05, 4.69) is 10.4 Å². The molecule has 0 unspecified atom stereocenters. The van der Waals surface area contributed by atoms with Gasteiger partial charge in [-0.3, -0.25) is 5.84 Å². The maximum atomic E-state index is 13.7. The van der Waals surface area contributed by atoms with Gasteiger partial charge in [0.1, 0.15) is 11.3 Å². The SMILES string of the molecule is NNc1cc2cccc(F)c2nc1C1CCC1. The van der Waals surface area contributed by atoms with E-state index in [4.69, 9.17) is 5.84 Å². The molecule has 88 valence electrons. The van der Waals surface area contributed by atoms with Crippen LogP contribution < -0.4 is 11.3 Å². The maximum absolute atomic E-state index is 13.7. The van der Waals surface area contributed by atoms with Crippen LogP contribution in [0.5, 0.6) is 0 Å². The number of fused-ring (bicyclic) bond motifs is 1. The van der Waals surface area contributed by atoms with E-state index in [-0.39, 0.29) is 5.82 Å². The van der Waals surface area contributed by atoms with Gasteiger partial charge in [0, 0.05) is 11.3 Å². The van der Waals surface area contributed by atoms with Gasteiger partial charge < -0.3 is 5.43 Å². The molecule has 0 atom stereocenters. The molecule has 1 saturated carbocycles. The van der Waals surface area contributed by atoms with Crippen molar-refractivity contribution in [1.29, 1.82) is 0 Å². The Bertz CT molecular complexity index is 564. The quantitative estimate of drug-likeness (QED) is 0.617. The minimum Gasteiger partial charge on any atom is -0.322 e. The summed E-state index contributed by atoms with van der Waals surface area (Å²) in [6.45, 7) is 0. The van der Waals surface area contributed by atoms with Crippen molar-refractivity contribution in [2.75, 3.05) is 5.43 Å². The minimum atomic E-state index is -0.272. The Morgan fingerprint density at radius 1 is 1.35 bits per heavy atom. The minimum absolute atomic E-state index is 0.272. The monoisotopic (exact) mass is 231 g/mol. The van der Waals surface area contributed by atoms with Crippen LogP contribution in [0.25, 0.3) is 10.9 Å². The number of nitrogen functional groups attached to an aromatic ring is 1. The third-order valence-electron chi connectivity index (χ3n) is 3.47. The van der Waals surface area contributed by atoms with Crippen LogP contribution in [0.4, 0.5) is 10.1 Å². The van der Waals surface area contributed by atoms with E-state index in [0.717, 1.165) is 29.6 Å². The lowest BCUT2D eigenvalue weighted by molar-refractivity contribution is 0.413. The van der Waals surface area contributed by atoms with Gasteiger partial charge in [0.15, 0.2) is 0 Å².